The standard InChI is InChI=1S/C23H49NO11/c1-3-5-7-8-9-10-11-12-13-14-15-16-18-20(25,26)22(28,35-33)21(27,24(31)32)23(29,30)34-19-17-6-4-2/h25-33H,3-19H2,1-2H3. The van der Waals surface area contributed by atoms with E-state index in [4.69, 9.17) is 0 Å². The molecule has 12 nitrogen and oxygen atoms in total. The van der Waals surface area contributed by atoms with E-state index in [0.717, 1.165) is 32.1 Å². The lowest BCUT2D eigenvalue weighted by Gasteiger charge is -2.50. The fraction of sp³-hybridized carbons (Fsp3) is 1.00. The Kier molecular flexibility index (Phi) is 16.9. The summed E-state index contributed by atoms with van der Waals surface area (Å²) in [6, 6.07) is 0. The summed E-state index contributed by atoms with van der Waals surface area (Å²) in [5.74, 6) is -11.7. The van der Waals surface area contributed by atoms with Gasteiger partial charge >= 0.3 is 17.5 Å². The number of hydroxylamine groups is 2. The molecule has 12 heteroatoms. The highest BCUT2D eigenvalue weighted by molar-refractivity contribution is 5.02. The fourth-order valence-corrected chi connectivity index (χ4v) is 3.95. The van der Waals surface area contributed by atoms with Crippen LogP contribution in [-0.2, 0) is 9.62 Å². The van der Waals surface area contributed by atoms with Gasteiger partial charge in [-0.2, -0.15) is 4.89 Å². The van der Waals surface area contributed by atoms with Gasteiger partial charge in [-0.05, 0) is 18.1 Å². The van der Waals surface area contributed by atoms with Crippen LogP contribution in [0, 0.1) is 0 Å². The first-order chi connectivity index (χ1) is 16.4. The molecule has 0 radical (unpaired) electrons. The fourth-order valence-electron chi connectivity index (χ4n) is 3.95. The number of nitrogens with zero attached hydrogens (tertiary/aromatic N) is 1. The molecule has 2 atom stereocenters. The van der Waals surface area contributed by atoms with Gasteiger partial charge in [0, 0.05) is 6.42 Å². The first kappa shape index (κ1) is 34.5. The van der Waals surface area contributed by atoms with Crippen molar-refractivity contribution >= 4 is 0 Å². The van der Waals surface area contributed by atoms with Crippen molar-refractivity contribution in [2.24, 2.45) is 0 Å². The minimum absolute atomic E-state index is 0.0594. The van der Waals surface area contributed by atoms with E-state index in [1.54, 1.807) is 0 Å². The molecule has 0 aliphatic rings. The highest BCUT2D eigenvalue weighted by Gasteiger charge is 2.77. The Labute approximate surface area is 208 Å². The molecule has 0 saturated carbocycles. The maximum absolute atomic E-state index is 10.6. The minimum atomic E-state index is -4.26. The monoisotopic (exact) mass is 515 g/mol. The van der Waals surface area contributed by atoms with E-state index in [2.05, 4.69) is 16.5 Å². The zero-order valence-electron chi connectivity index (χ0n) is 21.3. The Hall–Kier alpha value is -0.480. The second-order valence-corrected chi connectivity index (χ2v) is 9.32. The molecule has 0 spiro atoms. The van der Waals surface area contributed by atoms with E-state index in [0.29, 0.717) is 12.8 Å². The van der Waals surface area contributed by atoms with Gasteiger partial charge in [-0.1, -0.05) is 97.3 Å². The Bertz CT molecular complexity index is 536. The molecule has 212 valence electrons. The number of unbranched alkanes of at least 4 members (excludes halogenated alkanes) is 13. The summed E-state index contributed by atoms with van der Waals surface area (Å²) >= 11 is 0. The summed E-state index contributed by atoms with van der Waals surface area (Å²) in [5.41, 5.74) is -4.26. The topological polar surface area (TPSA) is 204 Å². The number of hydrogen-bond acceptors (Lipinski definition) is 12. The Morgan fingerprint density at radius 1 is 0.600 bits per heavy atom. The average molecular weight is 516 g/mol. The first-order valence-electron chi connectivity index (χ1n) is 12.9. The molecular formula is C23H49NO11. The Morgan fingerprint density at radius 3 is 1.40 bits per heavy atom. The van der Waals surface area contributed by atoms with Crippen molar-refractivity contribution in [3.63, 3.8) is 0 Å². The van der Waals surface area contributed by atoms with Crippen molar-refractivity contribution in [3.8, 4) is 0 Å². The lowest BCUT2D eigenvalue weighted by atomic mass is 9.88. The zero-order valence-corrected chi connectivity index (χ0v) is 21.3. The summed E-state index contributed by atoms with van der Waals surface area (Å²) in [6.07, 6.45) is 12.5. The van der Waals surface area contributed by atoms with Crippen LogP contribution in [0.2, 0.25) is 0 Å². The van der Waals surface area contributed by atoms with Gasteiger partial charge in [0.25, 0.3) is 0 Å². The molecule has 0 aliphatic heterocycles. The lowest BCUT2D eigenvalue weighted by Crippen LogP contribution is -2.82. The van der Waals surface area contributed by atoms with E-state index >= 15 is 0 Å². The van der Waals surface area contributed by atoms with Crippen LogP contribution in [0.3, 0.4) is 0 Å². The van der Waals surface area contributed by atoms with Crippen LogP contribution in [0.1, 0.15) is 117 Å². The molecule has 0 heterocycles. The highest BCUT2D eigenvalue weighted by Crippen LogP contribution is 2.42. The maximum Gasteiger partial charge on any atom is 0.334 e. The third-order valence-electron chi connectivity index (χ3n) is 6.32. The van der Waals surface area contributed by atoms with Gasteiger partial charge in [0.1, 0.15) is 0 Å². The molecule has 9 N–H and O–H groups in total. The minimum Gasteiger partial charge on any atom is -0.361 e. The van der Waals surface area contributed by atoms with Crippen molar-refractivity contribution in [2.45, 2.75) is 140 Å². The molecule has 0 amide bonds. The summed E-state index contributed by atoms with van der Waals surface area (Å²) < 4.78 is 4.64. The smallest absolute Gasteiger partial charge is 0.334 e. The maximum atomic E-state index is 10.6. The molecule has 2 unspecified atom stereocenters. The second kappa shape index (κ2) is 17.1. The van der Waals surface area contributed by atoms with E-state index < -0.39 is 41.5 Å². The average Bonchev–Trinajstić information content (AvgIpc) is 2.80. The van der Waals surface area contributed by atoms with Crippen molar-refractivity contribution < 1.29 is 55.9 Å². The first-order valence-corrected chi connectivity index (χ1v) is 12.9. The molecule has 0 fully saturated rings. The number of ether oxygens (including phenoxy) is 1. The van der Waals surface area contributed by atoms with Crippen LogP contribution in [0.5, 0.6) is 0 Å². The number of rotatable bonds is 23. The molecular weight excluding hydrogens is 466 g/mol. The van der Waals surface area contributed by atoms with Crippen LogP contribution in [0.25, 0.3) is 0 Å². The summed E-state index contributed by atoms with van der Waals surface area (Å²) in [5, 5.41) is 89.1. The predicted octanol–water partition coefficient (Wildman–Crippen LogP) is 2.55. The normalized spacial score (nSPS) is 16.5. The van der Waals surface area contributed by atoms with E-state index in [1.165, 1.54) is 38.5 Å². The van der Waals surface area contributed by atoms with E-state index in [-0.39, 0.29) is 12.8 Å². The van der Waals surface area contributed by atoms with Crippen molar-refractivity contribution in [1.29, 1.82) is 0 Å². The largest absolute Gasteiger partial charge is 0.361 e. The van der Waals surface area contributed by atoms with Gasteiger partial charge in [-0.25, -0.2) is 5.26 Å². The van der Waals surface area contributed by atoms with Gasteiger partial charge < -0.3 is 35.4 Å². The van der Waals surface area contributed by atoms with Gasteiger partial charge in [-0.3, -0.25) is 10.4 Å². The van der Waals surface area contributed by atoms with Gasteiger partial charge in [0.15, 0.2) is 0 Å². The van der Waals surface area contributed by atoms with Crippen molar-refractivity contribution in [3.05, 3.63) is 0 Å². The van der Waals surface area contributed by atoms with Crippen LogP contribution < -0.4 is 0 Å². The molecule has 0 saturated heterocycles. The lowest BCUT2D eigenvalue weighted by molar-refractivity contribution is -0.623. The molecule has 0 aromatic heterocycles. The number of hydrogen-bond donors (Lipinski definition) is 9. The van der Waals surface area contributed by atoms with E-state index in [9.17, 15) is 46.3 Å². The molecule has 0 aromatic carbocycles. The van der Waals surface area contributed by atoms with Crippen LogP contribution in [-0.4, -0.2) is 81.4 Å². The summed E-state index contributed by atoms with van der Waals surface area (Å²) in [6.45, 7) is 3.60. The third-order valence-corrected chi connectivity index (χ3v) is 6.32. The molecule has 35 heavy (non-hydrogen) atoms. The van der Waals surface area contributed by atoms with E-state index in [1.807, 2.05) is 6.92 Å². The van der Waals surface area contributed by atoms with Gasteiger partial charge in [0.2, 0.25) is 5.79 Å². The Balaban J connectivity index is 4.86. The van der Waals surface area contributed by atoms with Crippen molar-refractivity contribution in [2.75, 3.05) is 6.61 Å². The van der Waals surface area contributed by atoms with Crippen LogP contribution >= 0.6 is 0 Å². The predicted molar refractivity (Wildman–Crippen MR) is 125 cm³/mol. The van der Waals surface area contributed by atoms with Gasteiger partial charge in [0.05, 0.1) is 6.61 Å². The molecule has 0 rings (SSSR count). The highest BCUT2D eigenvalue weighted by atomic mass is 17.1. The summed E-state index contributed by atoms with van der Waals surface area (Å²) in [7, 11) is 0. The Morgan fingerprint density at radius 2 is 1.00 bits per heavy atom. The number of aliphatic hydroxyl groups is 6. The van der Waals surface area contributed by atoms with Crippen LogP contribution in [0.15, 0.2) is 0 Å². The SMILES string of the molecule is CCCCCCCCCCCCCCC(O)(O)C(O)(OO)C(O)(N(O)O)C(O)(O)OCCCCC. The molecule has 0 aliphatic carbocycles. The summed E-state index contributed by atoms with van der Waals surface area (Å²) in [4.78, 5) is 3.64. The van der Waals surface area contributed by atoms with Crippen LogP contribution in [0.4, 0.5) is 0 Å². The third kappa shape index (κ3) is 10.1. The van der Waals surface area contributed by atoms with Gasteiger partial charge in [-0.15, -0.1) is 0 Å². The van der Waals surface area contributed by atoms with Crippen molar-refractivity contribution in [1.82, 2.24) is 5.23 Å². The molecule has 0 aromatic rings. The second-order valence-electron chi connectivity index (χ2n) is 9.32. The molecule has 0 bridgehead atoms. The quantitative estimate of drug-likeness (QED) is 0.0417. The zero-order chi connectivity index (χ0) is 27.0.